The molecule has 0 N–H and O–H groups in total. The van der Waals surface area contributed by atoms with Crippen LogP contribution in [0.5, 0.6) is 0 Å². The molecular formula is C23H16F2OS2. The maximum absolute atomic E-state index is 13.8. The highest BCUT2D eigenvalue weighted by atomic mass is 32.1. The van der Waals surface area contributed by atoms with E-state index in [0.717, 1.165) is 22.3 Å². The highest BCUT2D eigenvalue weighted by Crippen LogP contribution is 2.37. The monoisotopic (exact) mass is 410 g/mol. The van der Waals surface area contributed by atoms with Crippen LogP contribution < -0.4 is 0 Å². The van der Waals surface area contributed by atoms with Gasteiger partial charge in [0.1, 0.15) is 11.6 Å². The summed E-state index contributed by atoms with van der Waals surface area (Å²) in [6.07, 6.45) is 0. The minimum Gasteiger partial charge on any atom is -0.287 e. The summed E-state index contributed by atoms with van der Waals surface area (Å²) in [6, 6.07) is 12.9. The van der Waals surface area contributed by atoms with E-state index >= 15 is 0 Å². The standard InChI is InChI=1S/C23H16F2OS2/c1-13-3-5-15(24)11-19(13)17-7-9-27-22(17)21(26)23-18(8-10-28-23)20-12-16(25)6-4-14(20)2/h3-12H,1-2H3. The Balaban J connectivity index is 1.82. The quantitative estimate of drug-likeness (QED) is 0.323. The van der Waals surface area contributed by atoms with Gasteiger partial charge in [-0.25, -0.2) is 8.78 Å². The van der Waals surface area contributed by atoms with Crippen LogP contribution in [0.25, 0.3) is 22.3 Å². The van der Waals surface area contributed by atoms with Gasteiger partial charge in [0.05, 0.1) is 9.75 Å². The van der Waals surface area contributed by atoms with Gasteiger partial charge in [0.2, 0.25) is 5.78 Å². The van der Waals surface area contributed by atoms with E-state index in [1.807, 2.05) is 36.7 Å². The first-order valence-corrected chi connectivity index (χ1v) is 10.4. The van der Waals surface area contributed by atoms with Crippen LogP contribution in [0.2, 0.25) is 0 Å². The van der Waals surface area contributed by atoms with Gasteiger partial charge in [-0.2, -0.15) is 0 Å². The molecule has 0 aliphatic heterocycles. The lowest BCUT2D eigenvalue weighted by Gasteiger charge is -2.09. The molecule has 140 valence electrons. The summed E-state index contributed by atoms with van der Waals surface area (Å²) in [5.41, 5.74) is 4.68. The molecule has 4 aromatic rings. The average Bonchev–Trinajstić information content (AvgIpc) is 3.34. The summed E-state index contributed by atoms with van der Waals surface area (Å²) >= 11 is 2.67. The molecule has 2 aromatic carbocycles. The van der Waals surface area contributed by atoms with Crippen molar-refractivity contribution in [2.75, 3.05) is 0 Å². The van der Waals surface area contributed by atoms with E-state index in [4.69, 9.17) is 0 Å². The van der Waals surface area contributed by atoms with Crippen LogP contribution >= 0.6 is 22.7 Å². The van der Waals surface area contributed by atoms with E-state index in [9.17, 15) is 13.6 Å². The zero-order valence-corrected chi connectivity index (χ0v) is 16.9. The number of aryl methyl sites for hydroxylation is 2. The topological polar surface area (TPSA) is 17.1 Å². The molecule has 0 spiro atoms. The number of halogens is 2. The summed E-state index contributed by atoms with van der Waals surface area (Å²) in [5, 5.41) is 3.68. The van der Waals surface area contributed by atoms with Gasteiger partial charge in [0.25, 0.3) is 0 Å². The van der Waals surface area contributed by atoms with Crippen molar-refractivity contribution in [2.45, 2.75) is 13.8 Å². The third-order valence-corrected chi connectivity index (χ3v) is 6.55. The maximum Gasteiger partial charge on any atom is 0.214 e. The number of carbonyl (C=O) groups is 1. The van der Waals surface area contributed by atoms with Crippen LogP contribution in [-0.4, -0.2) is 5.78 Å². The minimum atomic E-state index is -0.336. The molecule has 0 fully saturated rings. The van der Waals surface area contributed by atoms with Gasteiger partial charge in [-0.3, -0.25) is 4.79 Å². The van der Waals surface area contributed by atoms with Crippen molar-refractivity contribution in [3.05, 3.63) is 91.8 Å². The Bertz CT molecular complexity index is 1100. The molecule has 0 amide bonds. The van der Waals surface area contributed by atoms with Crippen LogP contribution in [0.15, 0.2) is 59.3 Å². The highest BCUT2D eigenvalue weighted by molar-refractivity contribution is 7.16. The number of carbonyl (C=O) groups excluding carboxylic acids is 1. The number of thiophene rings is 2. The fourth-order valence-corrected chi connectivity index (χ4v) is 5.04. The predicted octanol–water partition coefficient (Wildman–Crippen LogP) is 7.27. The SMILES string of the molecule is Cc1ccc(F)cc1-c1ccsc1C(=O)c1sccc1-c1cc(F)ccc1C. The van der Waals surface area contributed by atoms with Crippen molar-refractivity contribution in [2.24, 2.45) is 0 Å². The predicted molar refractivity (Wildman–Crippen MR) is 112 cm³/mol. The molecule has 0 unspecified atom stereocenters. The molecule has 0 aliphatic carbocycles. The molecule has 2 heterocycles. The summed E-state index contributed by atoms with van der Waals surface area (Å²) in [4.78, 5) is 14.5. The van der Waals surface area contributed by atoms with E-state index in [0.29, 0.717) is 20.9 Å². The summed E-state index contributed by atoms with van der Waals surface area (Å²) in [5.74, 6) is -0.794. The van der Waals surface area contributed by atoms with E-state index in [1.54, 1.807) is 12.1 Å². The molecule has 28 heavy (non-hydrogen) atoms. The summed E-state index contributed by atoms with van der Waals surface area (Å²) in [6.45, 7) is 3.79. The molecule has 1 nitrogen and oxygen atoms in total. The zero-order chi connectivity index (χ0) is 19.8. The van der Waals surface area contributed by atoms with Crippen molar-refractivity contribution in [1.82, 2.24) is 0 Å². The smallest absolute Gasteiger partial charge is 0.214 e. The van der Waals surface area contributed by atoms with Crippen LogP contribution in [-0.2, 0) is 0 Å². The van der Waals surface area contributed by atoms with Gasteiger partial charge >= 0.3 is 0 Å². The van der Waals surface area contributed by atoms with Gasteiger partial charge in [-0.05, 0) is 83.3 Å². The Labute approximate surface area is 169 Å². The van der Waals surface area contributed by atoms with Crippen LogP contribution in [0.4, 0.5) is 8.78 Å². The molecule has 0 aliphatic rings. The maximum atomic E-state index is 13.8. The molecule has 4 rings (SSSR count). The van der Waals surface area contributed by atoms with Crippen LogP contribution in [0, 0.1) is 25.5 Å². The van der Waals surface area contributed by atoms with Crippen molar-refractivity contribution in [1.29, 1.82) is 0 Å². The number of rotatable bonds is 4. The number of hydrogen-bond acceptors (Lipinski definition) is 3. The van der Waals surface area contributed by atoms with E-state index in [1.165, 1.54) is 46.9 Å². The molecule has 0 atom stereocenters. The largest absolute Gasteiger partial charge is 0.287 e. The number of benzene rings is 2. The van der Waals surface area contributed by atoms with Gasteiger partial charge in [-0.15, -0.1) is 22.7 Å². The van der Waals surface area contributed by atoms with Crippen molar-refractivity contribution in [3.8, 4) is 22.3 Å². The third-order valence-electron chi connectivity index (χ3n) is 4.72. The lowest BCUT2D eigenvalue weighted by Crippen LogP contribution is -2.01. The number of ketones is 1. The highest BCUT2D eigenvalue weighted by Gasteiger charge is 2.23. The Morgan fingerprint density at radius 1 is 0.679 bits per heavy atom. The Kier molecular flexibility index (Phi) is 4.96. The molecular weight excluding hydrogens is 394 g/mol. The Morgan fingerprint density at radius 2 is 1.11 bits per heavy atom. The van der Waals surface area contributed by atoms with Crippen molar-refractivity contribution < 1.29 is 13.6 Å². The second-order valence-electron chi connectivity index (χ2n) is 6.57. The first kappa shape index (κ1) is 18.7. The lowest BCUT2D eigenvalue weighted by atomic mass is 9.96. The van der Waals surface area contributed by atoms with Gasteiger partial charge in [-0.1, -0.05) is 12.1 Å². The first-order valence-electron chi connectivity index (χ1n) is 8.68. The van der Waals surface area contributed by atoms with Crippen LogP contribution in [0.1, 0.15) is 25.7 Å². The normalized spacial score (nSPS) is 11.0. The third kappa shape index (κ3) is 3.32. The average molecular weight is 411 g/mol. The first-order chi connectivity index (χ1) is 13.5. The second kappa shape index (κ2) is 7.41. The van der Waals surface area contributed by atoms with Crippen LogP contribution in [0.3, 0.4) is 0 Å². The fraction of sp³-hybridized carbons (Fsp3) is 0.0870. The molecule has 0 bridgehead atoms. The van der Waals surface area contributed by atoms with Gasteiger partial charge < -0.3 is 0 Å². The summed E-state index contributed by atoms with van der Waals surface area (Å²) in [7, 11) is 0. The lowest BCUT2D eigenvalue weighted by molar-refractivity contribution is 0.104. The summed E-state index contributed by atoms with van der Waals surface area (Å²) < 4.78 is 27.6. The van der Waals surface area contributed by atoms with E-state index in [2.05, 4.69) is 0 Å². The minimum absolute atomic E-state index is 0.123. The molecule has 0 radical (unpaired) electrons. The molecule has 2 aromatic heterocycles. The Morgan fingerprint density at radius 3 is 1.54 bits per heavy atom. The van der Waals surface area contributed by atoms with Crippen molar-refractivity contribution >= 4 is 28.5 Å². The molecule has 0 saturated carbocycles. The molecule has 5 heteroatoms. The number of hydrogen-bond donors (Lipinski definition) is 0. The fourth-order valence-electron chi connectivity index (χ4n) is 3.27. The van der Waals surface area contributed by atoms with Crippen molar-refractivity contribution in [3.63, 3.8) is 0 Å². The van der Waals surface area contributed by atoms with Gasteiger partial charge in [0, 0.05) is 11.1 Å². The van der Waals surface area contributed by atoms with Gasteiger partial charge in [0.15, 0.2) is 0 Å². The second-order valence-corrected chi connectivity index (χ2v) is 8.41. The molecule has 0 saturated heterocycles. The Hall–Kier alpha value is -2.63. The van der Waals surface area contributed by atoms with E-state index < -0.39 is 0 Å². The zero-order valence-electron chi connectivity index (χ0n) is 15.3. The van der Waals surface area contributed by atoms with E-state index in [-0.39, 0.29) is 17.4 Å².